The van der Waals surface area contributed by atoms with E-state index in [4.69, 9.17) is 32.7 Å². The van der Waals surface area contributed by atoms with Gasteiger partial charge in [0.05, 0.1) is 10.0 Å². The summed E-state index contributed by atoms with van der Waals surface area (Å²) in [6.07, 6.45) is 0.646. The average molecular weight is 305 g/mol. The first kappa shape index (κ1) is 14.9. The van der Waals surface area contributed by atoms with Crippen LogP contribution in [0.25, 0.3) is 0 Å². The first-order chi connectivity index (χ1) is 9.04. The van der Waals surface area contributed by atoms with E-state index in [0.717, 1.165) is 25.4 Å². The maximum Gasteiger partial charge on any atom is 0.137 e. The second-order valence-corrected chi connectivity index (χ2v) is 5.90. The minimum absolute atomic E-state index is 0.323. The highest BCUT2D eigenvalue weighted by molar-refractivity contribution is 6.42. The summed E-state index contributed by atoms with van der Waals surface area (Å²) < 4.78 is 11.4. The van der Waals surface area contributed by atoms with Crippen LogP contribution in [-0.2, 0) is 4.74 Å². The Labute approximate surface area is 124 Å². The van der Waals surface area contributed by atoms with Crippen molar-refractivity contribution in [2.75, 3.05) is 26.2 Å². The molecule has 3 atom stereocenters. The Morgan fingerprint density at radius 1 is 1.21 bits per heavy atom. The molecule has 1 unspecified atom stereocenters. The molecule has 1 heterocycles. The van der Waals surface area contributed by atoms with Crippen LogP contribution in [-0.4, -0.2) is 38.4 Å². The van der Waals surface area contributed by atoms with Gasteiger partial charge in [-0.05, 0) is 26.0 Å². The lowest BCUT2D eigenvalue weighted by Crippen LogP contribution is -3.16. The first-order valence-electron chi connectivity index (χ1n) is 6.61. The lowest BCUT2D eigenvalue weighted by molar-refractivity contribution is -0.915. The normalized spacial score (nSPS) is 27.3. The number of ether oxygens (including phenoxy) is 2. The number of rotatable bonds is 4. The molecule has 0 aliphatic carbocycles. The molecular formula is C14H20Cl2NO2+. The van der Waals surface area contributed by atoms with Gasteiger partial charge in [0.15, 0.2) is 0 Å². The summed E-state index contributed by atoms with van der Waals surface area (Å²) in [7, 11) is 0. The van der Waals surface area contributed by atoms with Gasteiger partial charge >= 0.3 is 0 Å². The van der Waals surface area contributed by atoms with E-state index < -0.39 is 0 Å². The van der Waals surface area contributed by atoms with Gasteiger partial charge < -0.3 is 14.4 Å². The molecule has 0 amide bonds. The molecule has 0 spiro atoms. The number of hydrogen-bond donors (Lipinski definition) is 1. The van der Waals surface area contributed by atoms with Gasteiger partial charge in [-0.15, -0.1) is 0 Å². The molecular weight excluding hydrogens is 285 g/mol. The highest BCUT2D eigenvalue weighted by atomic mass is 35.5. The summed E-state index contributed by atoms with van der Waals surface area (Å²) in [4.78, 5) is 1.52. The second kappa shape index (κ2) is 6.80. The van der Waals surface area contributed by atoms with Gasteiger partial charge in [0.25, 0.3) is 0 Å². The molecule has 0 bridgehead atoms. The number of halogens is 2. The third-order valence-corrected chi connectivity index (χ3v) is 3.97. The van der Waals surface area contributed by atoms with E-state index in [2.05, 4.69) is 13.8 Å². The van der Waals surface area contributed by atoms with Crippen LogP contribution in [0.4, 0.5) is 0 Å². The van der Waals surface area contributed by atoms with Crippen LogP contribution in [0.15, 0.2) is 18.2 Å². The molecule has 3 nitrogen and oxygen atoms in total. The Kier molecular flexibility index (Phi) is 5.34. The zero-order valence-corrected chi connectivity index (χ0v) is 12.8. The maximum atomic E-state index is 5.95. The molecule has 1 aromatic rings. The predicted octanol–water partition coefficient (Wildman–Crippen LogP) is 2.06. The van der Waals surface area contributed by atoms with Crippen LogP contribution in [0, 0.1) is 0 Å². The number of nitrogens with one attached hydrogen (secondary N) is 1. The van der Waals surface area contributed by atoms with Crippen LogP contribution in [0.1, 0.15) is 13.8 Å². The lowest BCUT2D eigenvalue weighted by atomic mass is 10.2. The van der Waals surface area contributed by atoms with Gasteiger partial charge in [-0.25, -0.2) is 0 Å². The van der Waals surface area contributed by atoms with Gasteiger partial charge in [-0.3, -0.25) is 0 Å². The molecule has 0 aromatic heterocycles. The average Bonchev–Trinajstić information content (AvgIpc) is 2.32. The van der Waals surface area contributed by atoms with Gasteiger partial charge in [-0.1, -0.05) is 23.2 Å². The summed E-state index contributed by atoms with van der Waals surface area (Å²) >= 11 is 11.8. The molecule has 1 aliphatic rings. The van der Waals surface area contributed by atoms with E-state index in [1.165, 1.54) is 4.90 Å². The summed E-state index contributed by atoms with van der Waals surface area (Å²) in [6.45, 7) is 7.96. The van der Waals surface area contributed by atoms with Gasteiger partial charge in [0.2, 0.25) is 0 Å². The number of morpholine rings is 1. The van der Waals surface area contributed by atoms with Crippen LogP contribution in [0.3, 0.4) is 0 Å². The van der Waals surface area contributed by atoms with Crippen molar-refractivity contribution >= 4 is 23.2 Å². The molecule has 106 valence electrons. The van der Waals surface area contributed by atoms with Crippen LogP contribution < -0.4 is 9.64 Å². The Hall–Kier alpha value is -0.480. The molecule has 0 saturated carbocycles. The van der Waals surface area contributed by atoms with Crippen LogP contribution >= 0.6 is 23.2 Å². The molecule has 1 saturated heterocycles. The van der Waals surface area contributed by atoms with Crippen molar-refractivity contribution in [1.82, 2.24) is 0 Å². The smallest absolute Gasteiger partial charge is 0.137 e. The molecule has 19 heavy (non-hydrogen) atoms. The summed E-state index contributed by atoms with van der Waals surface area (Å²) in [5.74, 6) is 0.767. The van der Waals surface area contributed by atoms with Crippen molar-refractivity contribution < 1.29 is 14.4 Å². The van der Waals surface area contributed by atoms with E-state index in [-0.39, 0.29) is 0 Å². The standard InChI is InChI=1S/C14H19Cl2NO2/c1-10-8-17(9-11(2)19-10)5-6-18-12-3-4-13(15)14(16)7-12/h3-4,7,10-11H,5-6,8-9H2,1-2H3/p+1/t10-,11+. The van der Waals surface area contributed by atoms with E-state index in [9.17, 15) is 0 Å². The predicted molar refractivity (Wildman–Crippen MR) is 77.5 cm³/mol. The van der Waals surface area contributed by atoms with Crippen molar-refractivity contribution in [2.45, 2.75) is 26.1 Å². The molecule has 1 fully saturated rings. The first-order valence-corrected chi connectivity index (χ1v) is 7.37. The number of benzene rings is 1. The third-order valence-electron chi connectivity index (χ3n) is 3.23. The van der Waals surface area contributed by atoms with Crippen LogP contribution in [0.5, 0.6) is 5.75 Å². The SMILES string of the molecule is C[C@@H]1C[NH+](CCOc2ccc(Cl)c(Cl)c2)C[C@H](C)O1. The molecule has 0 radical (unpaired) electrons. The zero-order valence-electron chi connectivity index (χ0n) is 11.3. The van der Waals surface area contributed by atoms with Crippen LogP contribution in [0.2, 0.25) is 10.0 Å². The van der Waals surface area contributed by atoms with Gasteiger partial charge in [0, 0.05) is 6.07 Å². The lowest BCUT2D eigenvalue weighted by Gasteiger charge is -2.32. The fraction of sp³-hybridized carbons (Fsp3) is 0.571. The fourth-order valence-electron chi connectivity index (χ4n) is 2.47. The van der Waals surface area contributed by atoms with E-state index in [1.54, 1.807) is 12.1 Å². The minimum Gasteiger partial charge on any atom is -0.488 e. The van der Waals surface area contributed by atoms with Gasteiger partial charge in [-0.2, -0.15) is 0 Å². The highest BCUT2D eigenvalue weighted by Gasteiger charge is 2.25. The highest BCUT2D eigenvalue weighted by Crippen LogP contribution is 2.26. The Bertz CT molecular complexity index is 418. The van der Waals surface area contributed by atoms with Crippen molar-refractivity contribution in [3.05, 3.63) is 28.2 Å². The maximum absolute atomic E-state index is 5.95. The largest absolute Gasteiger partial charge is 0.488 e. The van der Waals surface area contributed by atoms with Crippen molar-refractivity contribution in [1.29, 1.82) is 0 Å². The molecule has 5 heteroatoms. The summed E-state index contributed by atoms with van der Waals surface area (Å²) in [5, 5.41) is 1.08. The number of quaternary nitrogens is 1. The molecule has 2 rings (SSSR count). The third kappa shape index (κ3) is 4.53. The summed E-state index contributed by atoms with van der Waals surface area (Å²) in [5.41, 5.74) is 0. The molecule has 1 aromatic carbocycles. The Morgan fingerprint density at radius 2 is 1.89 bits per heavy atom. The van der Waals surface area contributed by atoms with Crippen molar-refractivity contribution in [3.8, 4) is 5.75 Å². The van der Waals surface area contributed by atoms with E-state index >= 15 is 0 Å². The van der Waals surface area contributed by atoms with Gasteiger partial charge in [0.1, 0.15) is 44.2 Å². The molecule has 1 N–H and O–H groups in total. The summed E-state index contributed by atoms with van der Waals surface area (Å²) in [6, 6.07) is 5.35. The quantitative estimate of drug-likeness (QED) is 0.920. The Morgan fingerprint density at radius 3 is 2.53 bits per heavy atom. The molecule has 1 aliphatic heterocycles. The van der Waals surface area contributed by atoms with E-state index in [0.29, 0.717) is 28.9 Å². The number of hydrogen-bond acceptors (Lipinski definition) is 2. The zero-order chi connectivity index (χ0) is 13.8. The van der Waals surface area contributed by atoms with Crippen molar-refractivity contribution in [3.63, 3.8) is 0 Å². The topological polar surface area (TPSA) is 22.9 Å². The monoisotopic (exact) mass is 304 g/mol. The van der Waals surface area contributed by atoms with E-state index in [1.807, 2.05) is 6.07 Å². The Balaban J connectivity index is 1.78. The second-order valence-electron chi connectivity index (χ2n) is 5.09. The fourth-order valence-corrected chi connectivity index (χ4v) is 2.76. The minimum atomic E-state index is 0.323. The van der Waals surface area contributed by atoms with Crippen molar-refractivity contribution in [2.24, 2.45) is 0 Å².